The van der Waals surface area contributed by atoms with Gasteiger partial charge in [-0.15, -0.1) is 0 Å². The molecule has 0 spiro atoms. The minimum atomic E-state index is -0.218. The Labute approximate surface area is 144 Å². The van der Waals surface area contributed by atoms with Gasteiger partial charge in [0.1, 0.15) is 0 Å². The van der Waals surface area contributed by atoms with Crippen molar-refractivity contribution in [2.75, 3.05) is 13.6 Å². The second-order valence-corrected chi connectivity index (χ2v) is 7.88. The average molecular weight is 335 g/mol. The lowest BCUT2D eigenvalue weighted by Crippen LogP contribution is -2.49. The van der Waals surface area contributed by atoms with Crippen LogP contribution < -0.4 is 10.6 Å². The van der Waals surface area contributed by atoms with Crippen molar-refractivity contribution in [1.82, 2.24) is 10.6 Å². The fourth-order valence-electron chi connectivity index (χ4n) is 4.51. The summed E-state index contributed by atoms with van der Waals surface area (Å²) in [5.41, 5.74) is 1.00. The van der Waals surface area contributed by atoms with Gasteiger partial charge in [0, 0.05) is 17.6 Å². The lowest BCUT2D eigenvalue weighted by Gasteiger charge is -2.37. The van der Waals surface area contributed by atoms with E-state index in [1.54, 1.807) is 0 Å². The molecule has 2 aliphatic carbocycles. The number of likely N-dealkylation sites (N-methyl/N-ethyl adjacent to an activating group) is 1. The van der Waals surface area contributed by atoms with Crippen LogP contribution in [0, 0.1) is 17.3 Å². The number of halogens is 1. The van der Waals surface area contributed by atoms with Crippen LogP contribution in [-0.2, 0) is 11.2 Å². The van der Waals surface area contributed by atoms with Gasteiger partial charge < -0.3 is 10.6 Å². The van der Waals surface area contributed by atoms with Crippen LogP contribution in [0.2, 0.25) is 5.02 Å². The van der Waals surface area contributed by atoms with Gasteiger partial charge in [0.25, 0.3) is 0 Å². The Morgan fingerprint density at radius 2 is 2.09 bits per heavy atom. The number of hydrogen-bond donors (Lipinski definition) is 2. The van der Waals surface area contributed by atoms with E-state index >= 15 is 0 Å². The molecule has 4 heteroatoms. The molecule has 126 valence electrons. The molecule has 0 aliphatic heterocycles. The van der Waals surface area contributed by atoms with Crippen LogP contribution in [0.3, 0.4) is 0 Å². The first-order chi connectivity index (χ1) is 11.0. The number of fused-ring (bicyclic) bond motifs is 2. The van der Waals surface area contributed by atoms with Crippen molar-refractivity contribution in [2.45, 2.75) is 45.1 Å². The highest BCUT2D eigenvalue weighted by molar-refractivity contribution is 6.30. The molecule has 0 radical (unpaired) electrons. The predicted molar refractivity (Wildman–Crippen MR) is 94.6 cm³/mol. The quantitative estimate of drug-likeness (QED) is 0.837. The second kappa shape index (κ2) is 6.82. The Hall–Kier alpha value is -1.06. The SMILES string of the molecule is CNC(C)CNC(=O)C1(Cc2ccc(Cl)cc2)CC2CCC1C2. The molecule has 2 fully saturated rings. The fourth-order valence-corrected chi connectivity index (χ4v) is 4.64. The largest absolute Gasteiger partial charge is 0.354 e. The van der Waals surface area contributed by atoms with Crippen molar-refractivity contribution in [2.24, 2.45) is 17.3 Å². The van der Waals surface area contributed by atoms with Gasteiger partial charge in [-0.3, -0.25) is 4.79 Å². The molecular weight excluding hydrogens is 308 g/mol. The lowest BCUT2D eigenvalue weighted by molar-refractivity contribution is -0.134. The maximum absolute atomic E-state index is 13.1. The van der Waals surface area contributed by atoms with Gasteiger partial charge in [-0.05, 0) is 69.2 Å². The van der Waals surface area contributed by atoms with Gasteiger partial charge in [-0.25, -0.2) is 0 Å². The molecule has 2 bridgehead atoms. The third kappa shape index (κ3) is 3.41. The molecule has 3 rings (SSSR count). The van der Waals surface area contributed by atoms with Crippen LogP contribution in [0.5, 0.6) is 0 Å². The minimum absolute atomic E-state index is 0.218. The summed E-state index contributed by atoms with van der Waals surface area (Å²) in [6.45, 7) is 2.78. The zero-order valence-corrected chi connectivity index (χ0v) is 14.8. The van der Waals surface area contributed by atoms with E-state index in [1.807, 2.05) is 19.2 Å². The zero-order chi connectivity index (χ0) is 16.4. The molecule has 4 atom stereocenters. The number of nitrogens with one attached hydrogen (secondary N) is 2. The van der Waals surface area contributed by atoms with Gasteiger partial charge in [0.05, 0.1) is 5.41 Å². The molecule has 4 unspecified atom stereocenters. The smallest absolute Gasteiger partial charge is 0.226 e. The molecule has 0 saturated heterocycles. The van der Waals surface area contributed by atoms with Crippen molar-refractivity contribution in [3.63, 3.8) is 0 Å². The monoisotopic (exact) mass is 334 g/mol. The second-order valence-electron chi connectivity index (χ2n) is 7.44. The molecule has 1 aromatic rings. The number of carbonyl (C=O) groups excluding carboxylic acids is 1. The van der Waals surface area contributed by atoms with Crippen LogP contribution in [0.4, 0.5) is 0 Å². The van der Waals surface area contributed by atoms with E-state index in [9.17, 15) is 4.79 Å². The molecule has 1 amide bonds. The Bertz CT molecular complexity index is 559. The third-order valence-corrected chi connectivity index (χ3v) is 6.17. The summed E-state index contributed by atoms with van der Waals surface area (Å²) in [6.07, 6.45) is 5.61. The van der Waals surface area contributed by atoms with Crippen molar-refractivity contribution in [3.05, 3.63) is 34.9 Å². The van der Waals surface area contributed by atoms with Crippen molar-refractivity contribution in [3.8, 4) is 0 Å². The zero-order valence-electron chi connectivity index (χ0n) is 14.1. The van der Waals surface area contributed by atoms with Gasteiger partial charge in [0.15, 0.2) is 0 Å². The Kier molecular flexibility index (Phi) is 4.98. The molecule has 2 aliphatic rings. The Morgan fingerprint density at radius 1 is 1.35 bits per heavy atom. The third-order valence-electron chi connectivity index (χ3n) is 5.92. The van der Waals surface area contributed by atoms with Crippen molar-refractivity contribution >= 4 is 17.5 Å². The highest BCUT2D eigenvalue weighted by Crippen LogP contribution is 2.57. The summed E-state index contributed by atoms with van der Waals surface area (Å²) in [5, 5.41) is 7.14. The first-order valence-corrected chi connectivity index (χ1v) is 9.11. The number of hydrogen-bond acceptors (Lipinski definition) is 2. The van der Waals surface area contributed by atoms with Crippen molar-refractivity contribution < 1.29 is 4.79 Å². The predicted octanol–water partition coefficient (Wildman–Crippen LogP) is 3.41. The molecular formula is C19H27ClN2O. The molecule has 0 aromatic heterocycles. The topological polar surface area (TPSA) is 41.1 Å². The molecule has 2 N–H and O–H groups in total. The van der Waals surface area contributed by atoms with Crippen LogP contribution in [0.1, 0.15) is 38.2 Å². The summed E-state index contributed by atoms with van der Waals surface area (Å²) in [7, 11) is 1.93. The van der Waals surface area contributed by atoms with Crippen LogP contribution in [-0.4, -0.2) is 25.5 Å². The van der Waals surface area contributed by atoms with E-state index in [4.69, 9.17) is 11.6 Å². The summed E-state index contributed by atoms with van der Waals surface area (Å²) >= 11 is 6.00. The standard InChI is InChI=1S/C19H27ClN2O/c1-13(21-2)12-22-18(23)19(11-15-3-6-16(19)9-15)10-14-4-7-17(20)8-5-14/h4-5,7-8,13,15-16,21H,3,6,9-12H2,1-2H3,(H,22,23). The van der Waals surface area contributed by atoms with Gasteiger partial charge in [-0.2, -0.15) is 0 Å². The van der Waals surface area contributed by atoms with E-state index in [2.05, 4.69) is 29.7 Å². The van der Waals surface area contributed by atoms with Gasteiger partial charge in [-0.1, -0.05) is 30.2 Å². The number of amides is 1. The molecule has 1 aromatic carbocycles. The average Bonchev–Trinajstić information content (AvgIpc) is 3.16. The van der Waals surface area contributed by atoms with Gasteiger partial charge in [0.2, 0.25) is 5.91 Å². The first-order valence-electron chi connectivity index (χ1n) is 8.73. The normalized spacial score (nSPS) is 30.4. The van der Waals surface area contributed by atoms with E-state index in [1.165, 1.54) is 24.8 Å². The molecule has 0 heterocycles. The minimum Gasteiger partial charge on any atom is -0.354 e. The summed E-state index contributed by atoms with van der Waals surface area (Å²) in [4.78, 5) is 13.1. The Balaban J connectivity index is 1.78. The summed E-state index contributed by atoms with van der Waals surface area (Å²) < 4.78 is 0. The Morgan fingerprint density at radius 3 is 2.65 bits per heavy atom. The van der Waals surface area contributed by atoms with Crippen LogP contribution in [0.25, 0.3) is 0 Å². The first kappa shape index (κ1) is 16.8. The molecule has 3 nitrogen and oxygen atoms in total. The fraction of sp³-hybridized carbons (Fsp3) is 0.632. The van der Waals surface area contributed by atoms with Crippen LogP contribution in [0.15, 0.2) is 24.3 Å². The van der Waals surface area contributed by atoms with Crippen LogP contribution >= 0.6 is 11.6 Å². The lowest BCUT2D eigenvalue weighted by atomic mass is 9.68. The molecule has 23 heavy (non-hydrogen) atoms. The molecule has 2 saturated carbocycles. The van der Waals surface area contributed by atoms with E-state index in [0.717, 1.165) is 23.8 Å². The maximum atomic E-state index is 13.1. The van der Waals surface area contributed by atoms with Crippen molar-refractivity contribution in [1.29, 1.82) is 0 Å². The highest BCUT2D eigenvalue weighted by Gasteiger charge is 2.55. The summed E-state index contributed by atoms with van der Waals surface area (Å²) in [5.74, 6) is 1.52. The maximum Gasteiger partial charge on any atom is 0.226 e. The van der Waals surface area contributed by atoms with E-state index < -0.39 is 0 Å². The number of benzene rings is 1. The number of rotatable bonds is 6. The van der Waals surface area contributed by atoms with E-state index in [0.29, 0.717) is 18.5 Å². The van der Waals surface area contributed by atoms with E-state index in [-0.39, 0.29) is 11.3 Å². The highest BCUT2D eigenvalue weighted by atomic mass is 35.5. The summed E-state index contributed by atoms with van der Waals surface area (Å²) in [6, 6.07) is 8.29. The van der Waals surface area contributed by atoms with Gasteiger partial charge >= 0.3 is 0 Å². The number of carbonyl (C=O) groups is 1.